The van der Waals surface area contributed by atoms with Crippen LogP contribution in [0.3, 0.4) is 0 Å². The van der Waals surface area contributed by atoms with Crippen molar-refractivity contribution in [3.05, 3.63) is 57.3 Å². The van der Waals surface area contributed by atoms with Crippen molar-refractivity contribution in [2.75, 3.05) is 12.8 Å². The summed E-state index contributed by atoms with van der Waals surface area (Å²) in [5, 5.41) is 0. The van der Waals surface area contributed by atoms with E-state index in [0.717, 1.165) is 16.1 Å². The number of carbonyl (C=O) groups excluding carboxylic acids is 1. The van der Waals surface area contributed by atoms with E-state index in [1.54, 1.807) is 12.1 Å². The van der Waals surface area contributed by atoms with Crippen molar-refractivity contribution < 1.29 is 13.9 Å². The van der Waals surface area contributed by atoms with E-state index in [2.05, 4.69) is 15.9 Å². The van der Waals surface area contributed by atoms with Gasteiger partial charge in [-0.25, -0.2) is 4.39 Å². The minimum absolute atomic E-state index is 0.124. The Labute approximate surface area is 124 Å². The van der Waals surface area contributed by atoms with Crippen LogP contribution in [0.15, 0.2) is 34.8 Å². The lowest BCUT2D eigenvalue weighted by atomic mass is 9.99. The van der Waals surface area contributed by atoms with Crippen molar-refractivity contribution >= 4 is 27.4 Å². The number of benzene rings is 2. The van der Waals surface area contributed by atoms with Crippen LogP contribution in [0.5, 0.6) is 5.75 Å². The van der Waals surface area contributed by atoms with Gasteiger partial charge in [0.1, 0.15) is 11.6 Å². The van der Waals surface area contributed by atoms with Gasteiger partial charge in [0, 0.05) is 15.7 Å². The first-order valence-corrected chi connectivity index (χ1v) is 6.67. The molecule has 0 spiro atoms. The Morgan fingerprint density at radius 2 is 1.95 bits per heavy atom. The SMILES string of the molecule is COc1cc(C)c(Br)cc1C(=O)c1cc(F)ccc1N. The van der Waals surface area contributed by atoms with Gasteiger partial charge in [-0.3, -0.25) is 4.79 Å². The standard InChI is InChI=1S/C15H13BrFNO2/c1-8-5-14(20-2)11(7-12(8)16)15(19)10-6-9(17)3-4-13(10)18/h3-7H,18H2,1-2H3. The minimum Gasteiger partial charge on any atom is -0.496 e. The summed E-state index contributed by atoms with van der Waals surface area (Å²) in [5.41, 5.74) is 7.37. The molecule has 104 valence electrons. The molecule has 0 aliphatic heterocycles. The Morgan fingerprint density at radius 3 is 2.60 bits per heavy atom. The summed E-state index contributed by atoms with van der Waals surface area (Å²) >= 11 is 3.37. The zero-order chi connectivity index (χ0) is 14.9. The number of carbonyl (C=O) groups is 1. The van der Waals surface area contributed by atoms with Gasteiger partial charge in [-0.1, -0.05) is 15.9 Å². The van der Waals surface area contributed by atoms with Gasteiger partial charge in [0.2, 0.25) is 0 Å². The molecule has 0 saturated carbocycles. The second-order valence-electron chi connectivity index (χ2n) is 4.36. The third-order valence-corrected chi connectivity index (χ3v) is 3.84. The number of ether oxygens (including phenoxy) is 1. The third-order valence-electron chi connectivity index (χ3n) is 2.99. The molecule has 0 aromatic heterocycles. The molecule has 0 fully saturated rings. The maximum absolute atomic E-state index is 13.3. The number of hydrogen-bond acceptors (Lipinski definition) is 3. The number of rotatable bonds is 3. The van der Waals surface area contributed by atoms with Gasteiger partial charge in [0.15, 0.2) is 5.78 Å². The summed E-state index contributed by atoms with van der Waals surface area (Å²) < 4.78 is 19.3. The average molecular weight is 338 g/mol. The van der Waals surface area contributed by atoms with Crippen molar-refractivity contribution in [2.45, 2.75) is 6.92 Å². The van der Waals surface area contributed by atoms with E-state index in [4.69, 9.17) is 10.5 Å². The van der Waals surface area contributed by atoms with Gasteiger partial charge in [-0.2, -0.15) is 0 Å². The molecule has 0 heterocycles. The summed E-state index contributed by atoms with van der Waals surface area (Å²) in [6, 6.07) is 7.12. The summed E-state index contributed by atoms with van der Waals surface area (Å²) in [4.78, 5) is 12.5. The van der Waals surface area contributed by atoms with Crippen LogP contribution in [0.4, 0.5) is 10.1 Å². The average Bonchev–Trinajstić information content (AvgIpc) is 2.43. The van der Waals surface area contributed by atoms with Crippen molar-refractivity contribution in [1.29, 1.82) is 0 Å². The quantitative estimate of drug-likeness (QED) is 0.686. The number of halogens is 2. The molecule has 2 rings (SSSR count). The van der Waals surface area contributed by atoms with Crippen molar-refractivity contribution in [3.63, 3.8) is 0 Å². The summed E-state index contributed by atoms with van der Waals surface area (Å²) in [6.45, 7) is 1.89. The van der Waals surface area contributed by atoms with Gasteiger partial charge < -0.3 is 10.5 Å². The van der Waals surface area contributed by atoms with Crippen LogP contribution in [-0.4, -0.2) is 12.9 Å². The smallest absolute Gasteiger partial charge is 0.198 e. The van der Waals surface area contributed by atoms with Crippen LogP contribution in [0.2, 0.25) is 0 Å². The van der Waals surface area contributed by atoms with Crippen LogP contribution < -0.4 is 10.5 Å². The summed E-state index contributed by atoms with van der Waals surface area (Å²) in [6.07, 6.45) is 0. The highest BCUT2D eigenvalue weighted by molar-refractivity contribution is 9.10. The fourth-order valence-electron chi connectivity index (χ4n) is 1.87. The molecule has 0 unspecified atom stereocenters. The molecular weight excluding hydrogens is 325 g/mol. The molecule has 2 aromatic carbocycles. The second kappa shape index (κ2) is 5.63. The van der Waals surface area contributed by atoms with Crippen molar-refractivity contribution in [1.82, 2.24) is 0 Å². The minimum atomic E-state index is -0.507. The molecule has 0 aliphatic carbocycles. The van der Waals surface area contributed by atoms with Gasteiger partial charge in [-0.15, -0.1) is 0 Å². The molecule has 0 atom stereocenters. The van der Waals surface area contributed by atoms with Crippen LogP contribution in [0.1, 0.15) is 21.5 Å². The first kappa shape index (κ1) is 14.5. The first-order chi connectivity index (χ1) is 9.43. The van der Waals surface area contributed by atoms with E-state index in [1.165, 1.54) is 19.2 Å². The molecule has 0 bridgehead atoms. The Balaban J connectivity index is 2.58. The molecule has 3 nitrogen and oxygen atoms in total. The zero-order valence-electron chi connectivity index (χ0n) is 11.0. The molecule has 20 heavy (non-hydrogen) atoms. The van der Waals surface area contributed by atoms with Gasteiger partial charge in [-0.05, 0) is 42.8 Å². The molecule has 2 aromatic rings. The third kappa shape index (κ3) is 2.67. The lowest BCUT2D eigenvalue weighted by Crippen LogP contribution is -2.08. The van der Waals surface area contributed by atoms with Crippen LogP contribution in [0.25, 0.3) is 0 Å². The molecule has 5 heteroatoms. The van der Waals surface area contributed by atoms with Gasteiger partial charge in [0.25, 0.3) is 0 Å². The number of nitrogens with two attached hydrogens (primary N) is 1. The Hall–Kier alpha value is -1.88. The van der Waals surface area contributed by atoms with Crippen molar-refractivity contribution in [3.8, 4) is 5.75 Å². The van der Waals surface area contributed by atoms with Gasteiger partial charge >= 0.3 is 0 Å². The van der Waals surface area contributed by atoms with Crippen molar-refractivity contribution in [2.24, 2.45) is 0 Å². The summed E-state index contributed by atoms with van der Waals surface area (Å²) in [5.74, 6) is -0.452. The number of ketones is 1. The molecule has 0 amide bonds. The first-order valence-electron chi connectivity index (χ1n) is 5.88. The maximum atomic E-state index is 13.3. The monoisotopic (exact) mass is 337 g/mol. The number of anilines is 1. The summed E-state index contributed by atoms with van der Waals surface area (Å²) in [7, 11) is 1.48. The predicted octanol–water partition coefficient (Wildman–Crippen LogP) is 3.72. The van der Waals surface area contributed by atoms with E-state index < -0.39 is 5.82 Å². The number of hydrogen-bond donors (Lipinski definition) is 1. The highest BCUT2D eigenvalue weighted by Crippen LogP contribution is 2.30. The Morgan fingerprint density at radius 1 is 1.25 bits per heavy atom. The van der Waals surface area contributed by atoms with E-state index in [9.17, 15) is 9.18 Å². The maximum Gasteiger partial charge on any atom is 0.198 e. The van der Waals surface area contributed by atoms with Crippen LogP contribution in [0, 0.1) is 12.7 Å². The molecule has 2 N–H and O–H groups in total. The lowest BCUT2D eigenvalue weighted by Gasteiger charge is -2.11. The fraction of sp³-hybridized carbons (Fsp3) is 0.133. The highest BCUT2D eigenvalue weighted by Gasteiger charge is 2.19. The fourth-order valence-corrected chi connectivity index (χ4v) is 2.21. The number of nitrogen functional groups attached to an aromatic ring is 1. The van der Waals surface area contributed by atoms with Crippen LogP contribution >= 0.6 is 15.9 Å². The van der Waals surface area contributed by atoms with E-state index in [-0.39, 0.29) is 17.0 Å². The van der Waals surface area contributed by atoms with Gasteiger partial charge in [0.05, 0.1) is 12.7 Å². The number of aryl methyl sites for hydroxylation is 1. The van der Waals surface area contributed by atoms with E-state index >= 15 is 0 Å². The van der Waals surface area contributed by atoms with E-state index in [0.29, 0.717) is 11.3 Å². The topological polar surface area (TPSA) is 52.3 Å². The largest absolute Gasteiger partial charge is 0.496 e. The predicted molar refractivity (Wildman–Crippen MR) is 79.7 cm³/mol. The highest BCUT2D eigenvalue weighted by atomic mass is 79.9. The van der Waals surface area contributed by atoms with Crippen LogP contribution in [-0.2, 0) is 0 Å². The second-order valence-corrected chi connectivity index (χ2v) is 5.22. The Bertz CT molecular complexity index is 686. The molecule has 0 aliphatic rings. The Kier molecular flexibility index (Phi) is 4.09. The zero-order valence-corrected chi connectivity index (χ0v) is 12.6. The van der Waals surface area contributed by atoms with E-state index in [1.807, 2.05) is 6.92 Å². The molecule has 0 saturated heterocycles. The lowest BCUT2D eigenvalue weighted by molar-refractivity contribution is 0.103. The molecule has 0 radical (unpaired) electrons. The number of methoxy groups -OCH3 is 1. The normalized spacial score (nSPS) is 10.4. The molecular formula is C15H13BrFNO2.